The van der Waals surface area contributed by atoms with Gasteiger partial charge in [0, 0.05) is 31.6 Å². The van der Waals surface area contributed by atoms with Crippen LogP contribution >= 0.6 is 12.2 Å². The van der Waals surface area contributed by atoms with Gasteiger partial charge in [-0.3, -0.25) is 4.79 Å². The number of piperidine rings is 1. The molecule has 3 rings (SSSR count). The minimum Gasteiger partial charge on any atom is -0.362 e. The van der Waals surface area contributed by atoms with E-state index in [-0.39, 0.29) is 0 Å². The molecule has 2 aliphatic carbocycles. The molecule has 0 aromatic rings. The molecule has 23 heavy (non-hydrogen) atoms. The van der Waals surface area contributed by atoms with Crippen molar-refractivity contribution < 1.29 is 4.79 Å². The van der Waals surface area contributed by atoms with E-state index in [1.807, 2.05) is 0 Å². The molecule has 2 unspecified atom stereocenters. The zero-order valence-corrected chi connectivity index (χ0v) is 15.0. The Morgan fingerprint density at radius 2 is 1.70 bits per heavy atom. The Balaban J connectivity index is 1.39. The number of hydrogen-bond acceptors (Lipinski definition) is 2. The second-order valence-corrected chi connectivity index (χ2v) is 7.88. The molecule has 0 aromatic carbocycles. The standard InChI is InChI=1S/C18H31N3OS/c22-17(11-12-19-18(23)20-15-8-2-3-9-15)21-13-5-7-14-6-1-4-10-16(14)21/h14-16H,1-13H2,(H2,19,20,23). The van der Waals surface area contributed by atoms with Crippen molar-refractivity contribution in [1.82, 2.24) is 15.5 Å². The Morgan fingerprint density at radius 3 is 2.52 bits per heavy atom. The first-order valence-corrected chi connectivity index (χ1v) is 9.98. The molecular weight excluding hydrogens is 306 g/mol. The van der Waals surface area contributed by atoms with Crippen LogP contribution in [0.1, 0.15) is 70.6 Å². The summed E-state index contributed by atoms with van der Waals surface area (Å²) in [5, 5.41) is 7.32. The summed E-state index contributed by atoms with van der Waals surface area (Å²) < 4.78 is 0. The highest BCUT2D eigenvalue weighted by atomic mass is 32.1. The minimum absolute atomic E-state index is 0.317. The SMILES string of the molecule is O=C(CCNC(=S)NC1CCCC1)N1CCCC2CCCCC21. The van der Waals surface area contributed by atoms with E-state index in [1.165, 1.54) is 64.2 Å². The Kier molecular flexibility index (Phi) is 6.15. The predicted octanol–water partition coefficient (Wildman–Crippen LogP) is 2.96. The van der Waals surface area contributed by atoms with E-state index in [4.69, 9.17) is 12.2 Å². The summed E-state index contributed by atoms with van der Waals surface area (Å²) in [4.78, 5) is 14.8. The lowest BCUT2D eigenvalue weighted by Crippen LogP contribution is -2.50. The fraction of sp³-hybridized carbons (Fsp3) is 0.889. The molecule has 0 radical (unpaired) electrons. The van der Waals surface area contributed by atoms with E-state index in [9.17, 15) is 4.79 Å². The van der Waals surface area contributed by atoms with E-state index >= 15 is 0 Å². The molecule has 0 spiro atoms. The summed E-state index contributed by atoms with van der Waals surface area (Å²) in [7, 11) is 0. The van der Waals surface area contributed by atoms with Gasteiger partial charge in [-0.2, -0.15) is 0 Å². The van der Waals surface area contributed by atoms with Crippen LogP contribution in [0.2, 0.25) is 0 Å². The molecule has 1 saturated heterocycles. The highest BCUT2D eigenvalue weighted by Gasteiger charge is 2.35. The maximum absolute atomic E-state index is 12.6. The smallest absolute Gasteiger partial charge is 0.224 e. The lowest BCUT2D eigenvalue weighted by atomic mass is 9.78. The average Bonchev–Trinajstić information content (AvgIpc) is 3.07. The summed E-state index contributed by atoms with van der Waals surface area (Å²) in [5.74, 6) is 1.08. The second kappa shape index (κ2) is 8.32. The number of likely N-dealkylation sites (tertiary alicyclic amines) is 1. The van der Waals surface area contributed by atoms with Crippen molar-refractivity contribution in [3.05, 3.63) is 0 Å². The number of nitrogens with one attached hydrogen (secondary N) is 2. The van der Waals surface area contributed by atoms with E-state index in [0.717, 1.165) is 17.6 Å². The van der Waals surface area contributed by atoms with Gasteiger partial charge < -0.3 is 15.5 Å². The second-order valence-electron chi connectivity index (χ2n) is 7.47. The van der Waals surface area contributed by atoms with Gasteiger partial charge in [0.25, 0.3) is 0 Å². The van der Waals surface area contributed by atoms with Gasteiger partial charge in [0.05, 0.1) is 0 Å². The molecular formula is C18H31N3OS. The van der Waals surface area contributed by atoms with E-state index < -0.39 is 0 Å². The van der Waals surface area contributed by atoms with E-state index in [0.29, 0.717) is 31.0 Å². The molecule has 2 saturated carbocycles. The summed E-state index contributed by atoms with van der Waals surface area (Å²) in [6.45, 7) is 1.62. The molecule has 1 heterocycles. The van der Waals surface area contributed by atoms with Crippen molar-refractivity contribution in [1.29, 1.82) is 0 Å². The van der Waals surface area contributed by atoms with Crippen molar-refractivity contribution in [2.24, 2.45) is 5.92 Å². The number of carbonyl (C=O) groups is 1. The monoisotopic (exact) mass is 337 g/mol. The summed E-state index contributed by atoms with van der Waals surface area (Å²) in [6.07, 6.45) is 13.3. The molecule has 3 fully saturated rings. The van der Waals surface area contributed by atoms with Gasteiger partial charge in [-0.25, -0.2) is 0 Å². The maximum Gasteiger partial charge on any atom is 0.224 e. The van der Waals surface area contributed by atoms with Crippen molar-refractivity contribution in [3.8, 4) is 0 Å². The first kappa shape index (κ1) is 17.0. The average molecular weight is 338 g/mol. The third-order valence-electron chi connectivity index (χ3n) is 5.88. The quantitative estimate of drug-likeness (QED) is 0.774. The van der Waals surface area contributed by atoms with E-state index in [2.05, 4.69) is 15.5 Å². The number of amides is 1. The van der Waals surface area contributed by atoms with Crippen LogP contribution in [0.25, 0.3) is 0 Å². The van der Waals surface area contributed by atoms with Crippen LogP contribution in [0.15, 0.2) is 0 Å². The predicted molar refractivity (Wildman–Crippen MR) is 97.3 cm³/mol. The van der Waals surface area contributed by atoms with Crippen LogP contribution in [0.4, 0.5) is 0 Å². The maximum atomic E-state index is 12.6. The van der Waals surface area contributed by atoms with Crippen LogP contribution in [-0.4, -0.2) is 41.1 Å². The number of hydrogen-bond donors (Lipinski definition) is 2. The number of rotatable bonds is 4. The molecule has 4 nitrogen and oxygen atoms in total. The Hall–Kier alpha value is -0.840. The molecule has 5 heteroatoms. The highest BCUT2D eigenvalue weighted by Crippen LogP contribution is 2.35. The van der Waals surface area contributed by atoms with Gasteiger partial charge in [0.1, 0.15) is 0 Å². The normalized spacial score (nSPS) is 28.3. The Bertz CT molecular complexity index is 420. The summed E-state index contributed by atoms with van der Waals surface area (Å²) in [5.41, 5.74) is 0. The first-order chi connectivity index (χ1) is 11.2. The summed E-state index contributed by atoms with van der Waals surface area (Å²) >= 11 is 5.34. The van der Waals surface area contributed by atoms with Gasteiger partial charge in [-0.05, 0) is 56.7 Å². The molecule has 2 atom stereocenters. The molecule has 130 valence electrons. The van der Waals surface area contributed by atoms with Crippen LogP contribution in [0, 0.1) is 5.92 Å². The highest BCUT2D eigenvalue weighted by molar-refractivity contribution is 7.80. The van der Waals surface area contributed by atoms with E-state index in [1.54, 1.807) is 0 Å². The molecule has 3 aliphatic rings. The zero-order valence-electron chi connectivity index (χ0n) is 14.2. The van der Waals surface area contributed by atoms with Gasteiger partial charge in [0.15, 0.2) is 5.11 Å². The van der Waals surface area contributed by atoms with Gasteiger partial charge >= 0.3 is 0 Å². The fourth-order valence-electron chi connectivity index (χ4n) is 4.67. The van der Waals surface area contributed by atoms with Crippen molar-refractivity contribution in [2.45, 2.75) is 82.7 Å². The summed E-state index contributed by atoms with van der Waals surface area (Å²) in [6, 6.07) is 1.06. The molecule has 1 amide bonds. The Labute approximate surface area is 145 Å². The van der Waals surface area contributed by atoms with Crippen LogP contribution in [-0.2, 0) is 4.79 Å². The lowest BCUT2D eigenvalue weighted by Gasteiger charge is -2.44. The largest absolute Gasteiger partial charge is 0.362 e. The topological polar surface area (TPSA) is 44.4 Å². The minimum atomic E-state index is 0.317. The molecule has 1 aliphatic heterocycles. The van der Waals surface area contributed by atoms with Crippen molar-refractivity contribution >= 4 is 23.2 Å². The number of carbonyl (C=O) groups excluding carboxylic acids is 1. The van der Waals surface area contributed by atoms with Crippen molar-refractivity contribution in [3.63, 3.8) is 0 Å². The molecule has 0 bridgehead atoms. The van der Waals surface area contributed by atoms with Crippen molar-refractivity contribution in [2.75, 3.05) is 13.1 Å². The third kappa shape index (κ3) is 4.59. The van der Waals surface area contributed by atoms with Gasteiger partial charge in [-0.15, -0.1) is 0 Å². The van der Waals surface area contributed by atoms with Gasteiger partial charge in [0.2, 0.25) is 5.91 Å². The van der Waals surface area contributed by atoms with Gasteiger partial charge in [-0.1, -0.05) is 25.7 Å². The lowest BCUT2D eigenvalue weighted by molar-refractivity contribution is -0.137. The molecule has 0 aromatic heterocycles. The van der Waals surface area contributed by atoms with Crippen LogP contribution < -0.4 is 10.6 Å². The number of fused-ring (bicyclic) bond motifs is 1. The van der Waals surface area contributed by atoms with Crippen LogP contribution in [0.5, 0.6) is 0 Å². The van der Waals surface area contributed by atoms with Crippen LogP contribution in [0.3, 0.4) is 0 Å². The fourth-order valence-corrected chi connectivity index (χ4v) is 4.94. The molecule has 2 N–H and O–H groups in total. The number of nitrogens with zero attached hydrogens (tertiary/aromatic N) is 1. The Morgan fingerprint density at radius 1 is 1.00 bits per heavy atom. The number of thiocarbonyl (C=S) groups is 1. The first-order valence-electron chi connectivity index (χ1n) is 9.58. The third-order valence-corrected chi connectivity index (χ3v) is 6.14. The zero-order chi connectivity index (χ0) is 16.1.